The van der Waals surface area contributed by atoms with Crippen molar-refractivity contribution in [3.63, 3.8) is 0 Å². The summed E-state index contributed by atoms with van der Waals surface area (Å²) in [5, 5.41) is -0.360. The number of fused-ring (bicyclic) bond motifs is 3. The Balaban J connectivity index is 1.51. The summed E-state index contributed by atoms with van der Waals surface area (Å²) in [5.41, 5.74) is 2.92. The van der Waals surface area contributed by atoms with E-state index in [1.807, 2.05) is 30.3 Å². The number of benzene rings is 1. The van der Waals surface area contributed by atoms with Gasteiger partial charge >= 0.3 is 0 Å². The van der Waals surface area contributed by atoms with Gasteiger partial charge in [0, 0.05) is 36.7 Å². The van der Waals surface area contributed by atoms with Gasteiger partial charge in [-0.1, -0.05) is 0 Å². The van der Waals surface area contributed by atoms with E-state index in [9.17, 15) is 8.42 Å². The van der Waals surface area contributed by atoms with Gasteiger partial charge in [-0.15, -0.1) is 0 Å². The molecule has 1 fully saturated rings. The first-order valence-electron chi connectivity index (χ1n) is 8.28. The van der Waals surface area contributed by atoms with Crippen molar-refractivity contribution in [3.05, 3.63) is 66.3 Å². The number of nitrogens with zero attached hydrogens (tertiary/aromatic N) is 1. The Labute approximate surface area is 145 Å². The topological polar surface area (TPSA) is 63.7 Å². The van der Waals surface area contributed by atoms with Crippen molar-refractivity contribution >= 4 is 9.84 Å². The predicted molar refractivity (Wildman–Crippen MR) is 91.8 cm³/mol. The Bertz CT molecular complexity index is 1010. The van der Waals surface area contributed by atoms with E-state index >= 15 is 0 Å². The molecule has 0 saturated carbocycles. The molecule has 5 nitrogen and oxygen atoms in total. The normalized spacial score (nSPS) is 24.3. The third-order valence-corrected chi connectivity index (χ3v) is 7.51. The number of hydrogen-bond donors (Lipinski definition) is 0. The quantitative estimate of drug-likeness (QED) is 0.721. The van der Waals surface area contributed by atoms with E-state index < -0.39 is 9.84 Å². The van der Waals surface area contributed by atoms with Gasteiger partial charge in [0.05, 0.1) is 28.9 Å². The fourth-order valence-corrected chi connectivity index (χ4v) is 6.29. The van der Waals surface area contributed by atoms with Crippen LogP contribution in [0, 0.1) is 0 Å². The maximum absolute atomic E-state index is 12.9. The van der Waals surface area contributed by atoms with Gasteiger partial charge in [0.15, 0.2) is 9.84 Å². The Morgan fingerprint density at radius 3 is 2.80 bits per heavy atom. The lowest BCUT2D eigenvalue weighted by atomic mass is 9.96. The molecule has 1 saturated heterocycles. The lowest BCUT2D eigenvalue weighted by molar-refractivity contribution is 0.324. The minimum atomic E-state index is -3.28. The summed E-state index contributed by atoms with van der Waals surface area (Å²) in [6, 6.07) is 11.2. The van der Waals surface area contributed by atoms with Crippen molar-refractivity contribution in [3.8, 4) is 11.3 Å². The van der Waals surface area contributed by atoms with Gasteiger partial charge in [0.25, 0.3) is 0 Å². The molecule has 0 N–H and O–H groups in total. The van der Waals surface area contributed by atoms with Gasteiger partial charge in [0.1, 0.15) is 5.76 Å². The highest BCUT2D eigenvalue weighted by Crippen LogP contribution is 2.46. The lowest BCUT2D eigenvalue weighted by Crippen LogP contribution is -2.25. The predicted octanol–water partition coefficient (Wildman–Crippen LogP) is 3.29. The number of hydrogen-bond acceptors (Lipinski definition) is 5. The van der Waals surface area contributed by atoms with E-state index in [2.05, 4.69) is 4.90 Å². The van der Waals surface area contributed by atoms with Crippen LogP contribution in [0.1, 0.15) is 17.0 Å². The highest BCUT2D eigenvalue weighted by atomic mass is 32.2. The van der Waals surface area contributed by atoms with Crippen LogP contribution in [0.25, 0.3) is 11.3 Å². The van der Waals surface area contributed by atoms with Crippen molar-refractivity contribution < 1.29 is 17.3 Å². The fraction of sp³-hybridized carbons (Fsp3) is 0.263. The molecule has 0 aliphatic carbocycles. The molecule has 1 aromatic carbocycles. The lowest BCUT2D eigenvalue weighted by Gasteiger charge is -2.16. The summed E-state index contributed by atoms with van der Waals surface area (Å²) in [7, 11) is -3.28. The molecular formula is C19H17NO4S. The molecule has 0 radical (unpaired) electrons. The van der Waals surface area contributed by atoms with Crippen molar-refractivity contribution in [1.29, 1.82) is 0 Å². The average molecular weight is 355 g/mol. The molecule has 0 spiro atoms. The monoisotopic (exact) mass is 355 g/mol. The van der Waals surface area contributed by atoms with Crippen molar-refractivity contribution in [2.24, 2.45) is 0 Å². The van der Waals surface area contributed by atoms with Crippen LogP contribution in [0.15, 0.2) is 68.9 Å². The minimum absolute atomic E-state index is 0.0156. The molecule has 0 bridgehead atoms. The van der Waals surface area contributed by atoms with Crippen LogP contribution < -0.4 is 0 Å². The molecule has 25 heavy (non-hydrogen) atoms. The maximum Gasteiger partial charge on any atom is 0.183 e. The Hall–Kier alpha value is -2.31. The molecule has 2 aromatic heterocycles. The average Bonchev–Trinajstić information content (AvgIpc) is 3.37. The van der Waals surface area contributed by atoms with E-state index in [0.717, 1.165) is 29.0 Å². The largest absolute Gasteiger partial charge is 0.472 e. The first-order valence-corrected chi connectivity index (χ1v) is 9.83. The molecule has 4 heterocycles. The van der Waals surface area contributed by atoms with E-state index in [1.165, 1.54) is 0 Å². The van der Waals surface area contributed by atoms with Gasteiger partial charge in [-0.05, 0) is 42.0 Å². The standard InChI is InChI=1S/C19H17NO4S/c21-25(22)18-4-3-14(17-2-1-6-24-17)8-15(18)16-10-20(11-19(16)25)9-13-5-7-23-12-13/h1-8,12,16,19H,9-11H2. The second-order valence-corrected chi connectivity index (χ2v) is 8.88. The van der Waals surface area contributed by atoms with Gasteiger partial charge in [0.2, 0.25) is 0 Å². The molecular weight excluding hydrogens is 338 g/mol. The highest BCUT2D eigenvalue weighted by Gasteiger charge is 2.50. The molecule has 2 atom stereocenters. The number of sulfone groups is 1. The van der Waals surface area contributed by atoms with Crippen LogP contribution in [-0.2, 0) is 16.4 Å². The first kappa shape index (κ1) is 15.0. The molecule has 2 aliphatic rings. The molecule has 3 aromatic rings. The third-order valence-electron chi connectivity index (χ3n) is 5.25. The van der Waals surface area contributed by atoms with Crippen LogP contribution in [-0.4, -0.2) is 31.7 Å². The Kier molecular flexibility index (Phi) is 3.20. The van der Waals surface area contributed by atoms with Crippen LogP contribution in [0.4, 0.5) is 0 Å². The van der Waals surface area contributed by atoms with Crippen molar-refractivity contribution in [1.82, 2.24) is 4.90 Å². The Morgan fingerprint density at radius 2 is 2.04 bits per heavy atom. The van der Waals surface area contributed by atoms with Crippen LogP contribution in [0.2, 0.25) is 0 Å². The summed E-state index contributed by atoms with van der Waals surface area (Å²) >= 11 is 0. The zero-order chi connectivity index (χ0) is 17.0. The molecule has 2 aliphatic heterocycles. The summed E-state index contributed by atoms with van der Waals surface area (Å²) in [6.45, 7) is 2.01. The molecule has 2 unspecified atom stereocenters. The molecule has 0 amide bonds. The summed E-state index contributed by atoms with van der Waals surface area (Å²) < 4.78 is 36.5. The van der Waals surface area contributed by atoms with Gasteiger partial charge in [-0.25, -0.2) is 8.42 Å². The first-order chi connectivity index (χ1) is 12.1. The molecule has 128 valence electrons. The van der Waals surface area contributed by atoms with E-state index in [4.69, 9.17) is 8.83 Å². The second kappa shape index (κ2) is 5.34. The van der Waals surface area contributed by atoms with Crippen LogP contribution >= 0.6 is 0 Å². The van der Waals surface area contributed by atoms with Crippen molar-refractivity contribution in [2.75, 3.05) is 13.1 Å². The summed E-state index contributed by atoms with van der Waals surface area (Å²) in [4.78, 5) is 2.68. The number of furan rings is 2. The second-order valence-electron chi connectivity index (χ2n) is 6.75. The SMILES string of the molecule is O=S1(=O)c2ccc(-c3ccco3)cc2C2CN(Cc3ccoc3)CC21. The van der Waals surface area contributed by atoms with Gasteiger partial charge < -0.3 is 8.83 Å². The molecule has 5 rings (SSSR count). The minimum Gasteiger partial charge on any atom is -0.472 e. The summed E-state index contributed by atoms with van der Waals surface area (Å²) in [5.74, 6) is 0.777. The smallest absolute Gasteiger partial charge is 0.183 e. The van der Waals surface area contributed by atoms with Crippen LogP contribution in [0.5, 0.6) is 0 Å². The maximum atomic E-state index is 12.9. The zero-order valence-corrected chi connectivity index (χ0v) is 14.3. The zero-order valence-electron chi connectivity index (χ0n) is 13.5. The Morgan fingerprint density at radius 1 is 1.12 bits per heavy atom. The van der Waals surface area contributed by atoms with E-state index in [-0.39, 0.29) is 11.2 Å². The summed E-state index contributed by atoms with van der Waals surface area (Å²) in [6.07, 6.45) is 4.99. The van der Waals surface area contributed by atoms with E-state index in [0.29, 0.717) is 18.0 Å². The van der Waals surface area contributed by atoms with Crippen molar-refractivity contribution in [2.45, 2.75) is 22.6 Å². The van der Waals surface area contributed by atoms with E-state index in [1.54, 1.807) is 24.9 Å². The van der Waals surface area contributed by atoms with Gasteiger partial charge in [-0.2, -0.15) is 0 Å². The fourth-order valence-electron chi connectivity index (χ4n) is 4.09. The molecule has 6 heteroatoms. The van der Waals surface area contributed by atoms with Gasteiger partial charge in [-0.3, -0.25) is 4.90 Å². The highest BCUT2D eigenvalue weighted by molar-refractivity contribution is 7.92. The third kappa shape index (κ3) is 2.28. The number of rotatable bonds is 3. The van der Waals surface area contributed by atoms with Crippen LogP contribution in [0.3, 0.4) is 0 Å². The number of likely N-dealkylation sites (tertiary alicyclic amines) is 1.